The third-order valence-corrected chi connectivity index (χ3v) is 5.17. The molecule has 0 bridgehead atoms. The highest BCUT2D eigenvalue weighted by molar-refractivity contribution is 5.90. The van der Waals surface area contributed by atoms with Crippen molar-refractivity contribution < 1.29 is 42.5 Å². The molecule has 182 valence electrons. The number of hydrogen-bond donors (Lipinski definition) is 0. The molecule has 0 unspecified atom stereocenters. The summed E-state index contributed by atoms with van der Waals surface area (Å²) < 4.78 is 27.1. The van der Waals surface area contributed by atoms with Crippen LogP contribution in [0.5, 0.6) is 0 Å². The lowest BCUT2D eigenvalue weighted by Gasteiger charge is -2.25. The van der Waals surface area contributed by atoms with E-state index in [1.807, 2.05) is 18.2 Å². The Morgan fingerprint density at radius 2 is 1.71 bits per heavy atom. The molecular formula is C24H27NO9. The number of aryl methyl sites for hydroxylation is 1. The molecule has 0 N–H and O–H groups in total. The molecule has 0 aliphatic carbocycles. The summed E-state index contributed by atoms with van der Waals surface area (Å²) in [7, 11) is 0. The lowest BCUT2D eigenvalue weighted by molar-refractivity contribution is -0.163. The first kappa shape index (κ1) is 24.8. The first-order valence-electron chi connectivity index (χ1n) is 10.8. The number of hydrogen-bond acceptors (Lipinski definition) is 9. The van der Waals surface area contributed by atoms with E-state index in [0.29, 0.717) is 0 Å². The number of likely N-dealkylation sites (tertiary alicyclic amines) is 1. The summed E-state index contributed by atoms with van der Waals surface area (Å²) in [6.07, 6.45) is -2.77. The summed E-state index contributed by atoms with van der Waals surface area (Å²) in [5.74, 6) is -1.41. The predicted octanol–water partition coefficient (Wildman–Crippen LogP) is 3.32. The van der Waals surface area contributed by atoms with Crippen LogP contribution in [0, 0.1) is 6.92 Å². The van der Waals surface area contributed by atoms with Gasteiger partial charge in [0.05, 0.1) is 13.2 Å². The quantitative estimate of drug-likeness (QED) is 0.440. The molecule has 2 heterocycles. The van der Waals surface area contributed by atoms with Crippen LogP contribution in [0.15, 0.2) is 40.8 Å². The van der Waals surface area contributed by atoms with Crippen molar-refractivity contribution in [2.75, 3.05) is 13.2 Å². The monoisotopic (exact) mass is 473 g/mol. The highest BCUT2D eigenvalue weighted by Crippen LogP contribution is 2.38. The Kier molecular flexibility index (Phi) is 7.93. The van der Waals surface area contributed by atoms with Crippen molar-refractivity contribution in [1.82, 2.24) is 4.90 Å². The maximum Gasteiger partial charge on any atom is 0.410 e. The second-order valence-corrected chi connectivity index (χ2v) is 7.70. The van der Waals surface area contributed by atoms with E-state index in [2.05, 4.69) is 0 Å². The van der Waals surface area contributed by atoms with E-state index in [1.165, 1.54) is 24.8 Å². The number of ether oxygens (including phenoxy) is 4. The molecule has 3 atom stereocenters. The molecular weight excluding hydrogens is 446 g/mol. The standard InChI is InChI=1S/C24H27NO9/c1-5-30-23(28)18-11-19(32-14(18)2)21-22(34-16(4)27)20(33-15(3)26)12-25(21)24(29)31-13-17-9-7-6-8-10-17/h6-11,20-22H,5,12-13H2,1-4H3/t20-,21-,22-/m1/s1. The highest BCUT2D eigenvalue weighted by Gasteiger charge is 2.51. The van der Waals surface area contributed by atoms with Crippen LogP contribution in [0.4, 0.5) is 4.79 Å². The molecule has 0 radical (unpaired) electrons. The van der Waals surface area contributed by atoms with Gasteiger partial charge in [-0.25, -0.2) is 9.59 Å². The van der Waals surface area contributed by atoms with Crippen LogP contribution >= 0.6 is 0 Å². The van der Waals surface area contributed by atoms with Crippen LogP contribution in [0.25, 0.3) is 0 Å². The average molecular weight is 473 g/mol. The molecule has 1 aromatic carbocycles. The normalized spacial score (nSPS) is 19.4. The van der Waals surface area contributed by atoms with Gasteiger partial charge in [0.15, 0.2) is 12.2 Å². The van der Waals surface area contributed by atoms with Crippen molar-refractivity contribution in [1.29, 1.82) is 0 Å². The number of carbonyl (C=O) groups excluding carboxylic acids is 4. The average Bonchev–Trinajstić information content (AvgIpc) is 3.32. The number of rotatable bonds is 7. The number of carbonyl (C=O) groups is 4. The lowest BCUT2D eigenvalue weighted by atomic mass is 10.1. The second kappa shape index (κ2) is 10.9. The molecule has 1 saturated heterocycles. The molecule has 34 heavy (non-hydrogen) atoms. The number of esters is 3. The molecule has 3 rings (SSSR count). The van der Waals surface area contributed by atoms with Gasteiger partial charge in [0.2, 0.25) is 0 Å². The van der Waals surface area contributed by atoms with Crippen molar-refractivity contribution in [2.45, 2.75) is 52.6 Å². The molecule has 1 aliphatic heterocycles. The summed E-state index contributed by atoms with van der Waals surface area (Å²) in [4.78, 5) is 50.2. The van der Waals surface area contributed by atoms with Crippen molar-refractivity contribution in [3.8, 4) is 0 Å². The molecule has 10 heteroatoms. The summed E-state index contributed by atoms with van der Waals surface area (Å²) in [6.45, 7) is 5.74. The Morgan fingerprint density at radius 3 is 2.32 bits per heavy atom. The lowest BCUT2D eigenvalue weighted by Crippen LogP contribution is -2.35. The second-order valence-electron chi connectivity index (χ2n) is 7.70. The Labute approximate surface area is 196 Å². The number of nitrogens with zero attached hydrogens (tertiary/aromatic N) is 1. The fourth-order valence-electron chi connectivity index (χ4n) is 3.81. The van der Waals surface area contributed by atoms with Crippen LogP contribution in [0.3, 0.4) is 0 Å². The van der Waals surface area contributed by atoms with Crippen molar-refractivity contribution in [2.24, 2.45) is 0 Å². The molecule has 1 fully saturated rings. The van der Waals surface area contributed by atoms with Crippen LogP contribution < -0.4 is 0 Å². The van der Waals surface area contributed by atoms with Crippen LogP contribution in [-0.2, 0) is 35.1 Å². The third-order valence-electron chi connectivity index (χ3n) is 5.17. The molecule has 1 aromatic heterocycles. The van der Waals surface area contributed by atoms with Crippen molar-refractivity contribution in [3.63, 3.8) is 0 Å². The van der Waals surface area contributed by atoms with Gasteiger partial charge in [0.1, 0.15) is 29.7 Å². The summed E-state index contributed by atoms with van der Waals surface area (Å²) in [6, 6.07) is 9.52. The van der Waals surface area contributed by atoms with Gasteiger partial charge in [0.25, 0.3) is 0 Å². The molecule has 0 saturated carbocycles. The minimum absolute atomic E-state index is 0.00458. The Morgan fingerprint density at radius 1 is 1.03 bits per heavy atom. The highest BCUT2D eigenvalue weighted by atomic mass is 16.6. The van der Waals surface area contributed by atoms with Gasteiger partial charge in [-0.15, -0.1) is 0 Å². The predicted molar refractivity (Wildman–Crippen MR) is 117 cm³/mol. The SMILES string of the molecule is CCOC(=O)c1cc([C@@H]2[C@H](OC(C)=O)[C@H](OC(C)=O)CN2C(=O)OCc2ccccc2)oc1C. The first-order chi connectivity index (χ1) is 16.2. The van der Waals surface area contributed by atoms with Gasteiger partial charge in [0, 0.05) is 13.8 Å². The summed E-state index contributed by atoms with van der Waals surface area (Å²) in [5.41, 5.74) is 0.949. The van der Waals surface area contributed by atoms with Gasteiger partial charge < -0.3 is 23.4 Å². The molecule has 10 nitrogen and oxygen atoms in total. The minimum atomic E-state index is -1.08. The Hall–Kier alpha value is -3.82. The van der Waals surface area contributed by atoms with E-state index in [9.17, 15) is 19.2 Å². The zero-order valence-electron chi connectivity index (χ0n) is 19.4. The molecule has 1 amide bonds. The van der Waals surface area contributed by atoms with Gasteiger partial charge in [-0.1, -0.05) is 30.3 Å². The molecule has 0 spiro atoms. The van der Waals surface area contributed by atoms with Crippen LogP contribution in [-0.4, -0.2) is 54.3 Å². The van der Waals surface area contributed by atoms with Gasteiger partial charge in [-0.3, -0.25) is 14.5 Å². The van der Waals surface area contributed by atoms with E-state index in [1.54, 1.807) is 26.0 Å². The minimum Gasteiger partial charge on any atom is -0.463 e. The Balaban J connectivity index is 1.95. The zero-order chi connectivity index (χ0) is 24.8. The van der Waals surface area contributed by atoms with Crippen molar-refractivity contribution in [3.05, 3.63) is 59.0 Å². The van der Waals surface area contributed by atoms with Gasteiger partial charge >= 0.3 is 24.0 Å². The van der Waals surface area contributed by atoms with Crippen molar-refractivity contribution >= 4 is 24.0 Å². The smallest absolute Gasteiger partial charge is 0.410 e. The number of amides is 1. The van der Waals surface area contributed by atoms with E-state index in [4.69, 9.17) is 23.4 Å². The summed E-state index contributed by atoms with van der Waals surface area (Å²) in [5, 5.41) is 0. The van der Waals surface area contributed by atoms with E-state index < -0.39 is 42.3 Å². The molecule has 1 aliphatic rings. The maximum atomic E-state index is 13.1. The number of furan rings is 1. The largest absolute Gasteiger partial charge is 0.463 e. The molecule has 2 aromatic rings. The van der Waals surface area contributed by atoms with E-state index >= 15 is 0 Å². The van der Waals surface area contributed by atoms with Gasteiger partial charge in [-0.2, -0.15) is 0 Å². The third kappa shape index (κ3) is 5.75. The van der Waals surface area contributed by atoms with Crippen LogP contribution in [0.2, 0.25) is 0 Å². The maximum absolute atomic E-state index is 13.1. The fourth-order valence-corrected chi connectivity index (χ4v) is 3.81. The van der Waals surface area contributed by atoms with E-state index in [-0.39, 0.29) is 36.8 Å². The number of benzene rings is 1. The van der Waals surface area contributed by atoms with Crippen LogP contribution in [0.1, 0.15) is 54.3 Å². The Bertz CT molecular complexity index is 1050. The van der Waals surface area contributed by atoms with Gasteiger partial charge in [-0.05, 0) is 25.5 Å². The van der Waals surface area contributed by atoms with E-state index in [0.717, 1.165) is 5.56 Å². The summed E-state index contributed by atoms with van der Waals surface area (Å²) >= 11 is 0. The topological polar surface area (TPSA) is 122 Å². The zero-order valence-corrected chi connectivity index (χ0v) is 19.4. The first-order valence-corrected chi connectivity index (χ1v) is 10.8. The fraction of sp³-hybridized carbons (Fsp3) is 0.417.